The highest BCUT2D eigenvalue weighted by Gasteiger charge is 2.33. The molecule has 1 aromatic rings. The Morgan fingerprint density at radius 3 is 2.79 bits per heavy atom. The zero-order valence-electron chi connectivity index (χ0n) is 7.68. The van der Waals surface area contributed by atoms with Crippen LogP contribution < -0.4 is 0 Å². The minimum Gasteiger partial charge on any atom is -0.505 e. The van der Waals surface area contributed by atoms with E-state index in [4.69, 9.17) is 0 Å². The Morgan fingerprint density at radius 1 is 1.50 bits per heavy atom. The van der Waals surface area contributed by atoms with Crippen LogP contribution >= 0.6 is 11.3 Å². The van der Waals surface area contributed by atoms with Crippen LogP contribution in [0.4, 0.5) is 0 Å². The predicted octanol–water partition coefficient (Wildman–Crippen LogP) is 1.63. The van der Waals surface area contributed by atoms with Crippen LogP contribution in [0.1, 0.15) is 12.5 Å². The van der Waals surface area contributed by atoms with Crippen molar-refractivity contribution in [3.8, 4) is 0 Å². The fourth-order valence-electron chi connectivity index (χ4n) is 1.32. The van der Waals surface area contributed by atoms with Gasteiger partial charge in [0, 0.05) is 12.6 Å². The van der Waals surface area contributed by atoms with Crippen LogP contribution in [0.15, 0.2) is 21.4 Å². The molecule has 4 nitrogen and oxygen atoms in total. The first-order chi connectivity index (χ1) is 6.46. The Kier molecular flexibility index (Phi) is 1.87. The molecule has 0 unspecified atom stereocenters. The minimum atomic E-state index is -3.43. The van der Waals surface area contributed by atoms with Crippen molar-refractivity contribution in [3.63, 3.8) is 0 Å². The van der Waals surface area contributed by atoms with Gasteiger partial charge in [0.2, 0.25) is 0 Å². The van der Waals surface area contributed by atoms with Crippen LogP contribution in [0.25, 0.3) is 5.76 Å². The third kappa shape index (κ3) is 1.01. The summed E-state index contributed by atoms with van der Waals surface area (Å²) < 4.78 is 24.9. The van der Waals surface area contributed by atoms with E-state index in [1.165, 1.54) is 7.05 Å². The maximum Gasteiger partial charge on any atom is 0.274 e. The highest BCUT2D eigenvalue weighted by molar-refractivity contribution is 7.91. The van der Waals surface area contributed by atoms with Crippen LogP contribution in [0.3, 0.4) is 0 Å². The molecule has 2 rings (SSSR count). The number of thiophene rings is 1. The Bertz CT molecular complexity index is 512. The third-order valence-corrected chi connectivity index (χ3v) is 5.60. The molecule has 0 saturated carbocycles. The van der Waals surface area contributed by atoms with Crippen molar-refractivity contribution in [1.29, 1.82) is 0 Å². The van der Waals surface area contributed by atoms with Crippen LogP contribution in [-0.2, 0) is 10.0 Å². The van der Waals surface area contributed by atoms with E-state index in [0.29, 0.717) is 11.3 Å². The van der Waals surface area contributed by atoms with Gasteiger partial charge in [0.1, 0.15) is 5.76 Å². The van der Waals surface area contributed by atoms with Gasteiger partial charge in [-0.2, -0.15) is 0 Å². The minimum absolute atomic E-state index is 0.0403. The molecule has 0 amide bonds. The van der Waals surface area contributed by atoms with Crippen molar-refractivity contribution >= 4 is 27.1 Å². The van der Waals surface area contributed by atoms with E-state index >= 15 is 0 Å². The fourth-order valence-corrected chi connectivity index (χ4v) is 4.07. The van der Waals surface area contributed by atoms with Crippen LogP contribution in [0, 0.1) is 0 Å². The summed E-state index contributed by atoms with van der Waals surface area (Å²) >= 11 is 1.12. The normalized spacial score (nSPS) is 19.7. The standard InChI is InChI=1S/C8H9NO3S2/c1-5-7(10)6-3-4-13-8(6)14(11,12)9(5)2/h3-4,10H,1-2H3. The maximum absolute atomic E-state index is 11.8. The van der Waals surface area contributed by atoms with Gasteiger partial charge in [0.05, 0.1) is 5.70 Å². The molecule has 1 aliphatic rings. The Balaban J connectivity index is 2.84. The Morgan fingerprint density at radius 2 is 2.14 bits per heavy atom. The molecule has 14 heavy (non-hydrogen) atoms. The summed E-state index contributed by atoms with van der Waals surface area (Å²) in [6.45, 7) is 1.58. The van der Waals surface area contributed by atoms with Crippen molar-refractivity contribution in [2.45, 2.75) is 11.1 Å². The lowest BCUT2D eigenvalue weighted by molar-refractivity contribution is 0.464. The second-order valence-electron chi connectivity index (χ2n) is 3.03. The topological polar surface area (TPSA) is 57.6 Å². The summed E-state index contributed by atoms with van der Waals surface area (Å²) in [6, 6.07) is 1.61. The monoisotopic (exact) mass is 231 g/mol. The van der Waals surface area contributed by atoms with E-state index in [1.807, 2.05) is 0 Å². The van der Waals surface area contributed by atoms with Gasteiger partial charge in [-0.05, 0) is 18.4 Å². The molecule has 0 radical (unpaired) electrons. The molecule has 6 heteroatoms. The summed E-state index contributed by atoms with van der Waals surface area (Å²) in [4.78, 5) is 0. The predicted molar refractivity (Wildman–Crippen MR) is 54.5 cm³/mol. The molecular formula is C8H9NO3S2. The van der Waals surface area contributed by atoms with Crippen molar-refractivity contribution in [2.75, 3.05) is 7.05 Å². The molecule has 0 saturated heterocycles. The number of aliphatic hydroxyl groups is 1. The van der Waals surface area contributed by atoms with Crippen LogP contribution in [0.2, 0.25) is 0 Å². The number of hydrogen-bond donors (Lipinski definition) is 1. The first-order valence-corrected chi connectivity index (χ1v) is 6.25. The SMILES string of the molecule is CC1=C(O)c2ccsc2S(=O)(=O)N1C. The number of rotatable bonds is 0. The summed E-state index contributed by atoms with van der Waals surface area (Å²) in [5, 5.41) is 11.4. The highest BCUT2D eigenvalue weighted by atomic mass is 32.2. The quantitative estimate of drug-likeness (QED) is 0.738. The van der Waals surface area contributed by atoms with E-state index in [0.717, 1.165) is 15.6 Å². The molecular weight excluding hydrogens is 222 g/mol. The van der Waals surface area contributed by atoms with E-state index in [-0.39, 0.29) is 9.97 Å². The first-order valence-electron chi connectivity index (χ1n) is 3.93. The lowest BCUT2D eigenvalue weighted by atomic mass is 10.2. The van der Waals surface area contributed by atoms with Crippen LogP contribution in [-0.4, -0.2) is 24.9 Å². The second-order valence-corrected chi connectivity index (χ2v) is 6.11. The van der Waals surface area contributed by atoms with Crippen molar-refractivity contribution < 1.29 is 13.5 Å². The summed E-state index contributed by atoms with van der Waals surface area (Å²) in [6.07, 6.45) is 0. The number of hydrogen-bond acceptors (Lipinski definition) is 4. The molecule has 0 spiro atoms. The van der Waals surface area contributed by atoms with E-state index in [9.17, 15) is 13.5 Å². The van der Waals surface area contributed by atoms with E-state index in [1.54, 1.807) is 18.4 Å². The molecule has 1 aromatic heterocycles. The van der Waals surface area contributed by atoms with Crippen molar-refractivity contribution in [2.24, 2.45) is 0 Å². The maximum atomic E-state index is 11.8. The number of sulfonamides is 1. The van der Waals surface area contributed by atoms with Gasteiger partial charge < -0.3 is 5.11 Å². The Hall–Kier alpha value is -1.01. The molecule has 0 bridgehead atoms. The molecule has 1 N–H and O–H groups in total. The zero-order chi connectivity index (χ0) is 10.5. The smallest absolute Gasteiger partial charge is 0.274 e. The summed E-state index contributed by atoms with van der Waals surface area (Å²) in [5.74, 6) is 0.0403. The molecule has 0 aromatic carbocycles. The second kappa shape index (κ2) is 2.74. The largest absolute Gasteiger partial charge is 0.505 e. The molecule has 0 atom stereocenters. The number of aliphatic hydroxyl groups excluding tert-OH is 1. The van der Waals surface area contributed by atoms with E-state index in [2.05, 4.69) is 0 Å². The third-order valence-electron chi connectivity index (χ3n) is 2.29. The van der Waals surface area contributed by atoms with Gasteiger partial charge in [-0.15, -0.1) is 11.3 Å². The van der Waals surface area contributed by atoms with Gasteiger partial charge in [-0.3, -0.25) is 4.31 Å². The van der Waals surface area contributed by atoms with E-state index < -0.39 is 10.0 Å². The molecule has 0 aliphatic carbocycles. The average molecular weight is 231 g/mol. The average Bonchev–Trinajstić information content (AvgIpc) is 2.61. The molecule has 2 heterocycles. The van der Waals surface area contributed by atoms with Crippen LogP contribution in [0.5, 0.6) is 0 Å². The van der Waals surface area contributed by atoms with Gasteiger partial charge in [0.15, 0.2) is 4.21 Å². The fraction of sp³-hybridized carbons (Fsp3) is 0.250. The number of fused-ring (bicyclic) bond motifs is 1. The lowest BCUT2D eigenvalue weighted by Gasteiger charge is -2.25. The Labute approximate surface area is 86.2 Å². The van der Waals surface area contributed by atoms with Crippen molar-refractivity contribution in [1.82, 2.24) is 4.31 Å². The van der Waals surface area contributed by atoms with Gasteiger partial charge in [-0.1, -0.05) is 0 Å². The molecule has 0 fully saturated rings. The lowest BCUT2D eigenvalue weighted by Crippen LogP contribution is -2.29. The first kappa shape index (κ1) is 9.54. The summed E-state index contributed by atoms with van der Waals surface area (Å²) in [7, 11) is -1.99. The zero-order valence-corrected chi connectivity index (χ0v) is 9.32. The van der Waals surface area contributed by atoms with Gasteiger partial charge in [-0.25, -0.2) is 8.42 Å². The number of allylic oxidation sites excluding steroid dienone is 1. The summed E-state index contributed by atoms with van der Waals surface area (Å²) in [5.41, 5.74) is 0.765. The highest BCUT2D eigenvalue weighted by Crippen LogP contribution is 2.37. The number of nitrogens with zero attached hydrogens (tertiary/aromatic N) is 1. The molecule has 1 aliphatic heterocycles. The van der Waals surface area contributed by atoms with Crippen molar-refractivity contribution in [3.05, 3.63) is 22.7 Å². The van der Waals surface area contributed by atoms with Gasteiger partial charge in [0.25, 0.3) is 10.0 Å². The molecule has 76 valence electrons. The van der Waals surface area contributed by atoms with Gasteiger partial charge >= 0.3 is 0 Å².